The first-order valence-electron chi connectivity index (χ1n) is 17.1. The molecule has 9 rings (SSSR count). The molecule has 1 aromatic heterocycles. The van der Waals surface area contributed by atoms with E-state index in [1.54, 1.807) is 0 Å². The fourth-order valence-corrected chi connectivity index (χ4v) is 7.94. The maximum Gasteiger partial charge on any atom is 0.164 e. The van der Waals surface area contributed by atoms with Gasteiger partial charge in [-0.3, -0.25) is 0 Å². The molecule has 0 N–H and O–H groups in total. The molecule has 6 aromatic carbocycles. The first-order chi connectivity index (χ1) is 23.7. The molecule has 0 bridgehead atoms. The summed E-state index contributed by atoms with van der Waals surface area (Å²) < 4.78 is 0. The molecular weight excluding hydrogens is 583 g/mol. The predicted molar refractivity (Wildman–Crippen MR) is 196 cm³/mol. The molecule has 2 aliphatic rings. The van der Waals surface area contributed by atoms with Crippen molar-refractivity contribution < 1.29 is 0 Å². The molecule has 1 fully saturated rings. The second-order valence-corrected chi connectivity index (χ2v) is 13.1. The molecule has 7 aromatic rings. The average molecular weight is 618 g/mol. The van der Waals surface area contributed by atoms with E-state index >= 15 is 0 Å². The maximum absolute atomic E-state index is 5.00. The van der Waals surface area contributed by atoms with Crippen molar-refractivity contribution >= 4 is 0 Å². The van der Waals surface area contributed by atoms with Crippen molar-refractivity contribution in [3.8, 4) is 67.5 Å². The van der Waals surface area contributed by atoms with Gasteiger partial charge in [0.05, 0.1) is 0 Å². The molecule has 0 saturated heterocycles. The Labute approximate surface area is 282 Å². The molecule has 0 atom stereocenters. The third-order valence-corrected chi connectivity index (χ3v) is 10.4. The summed E-state index contributed by atoms with van der Waals surface area (Å²) in [5, 5.41) is 0. The van der Waals surface area contributed by atoms with Crippen LogP contribution in [0.5, 0.6) is 0 Å². The van der Waals surface area contributed by atoms with Crippen LogP contribution in [0.4, 0.5) is 0 Å². The van der Waals surface area contributed by atoms with Crippen LogP contribution in [0.2, 0.25) is 0 Å². The summed E-state index contributed by atoms with van der Waals surface area (Å²) in [6.07, 6.45) is 6.46. The molecule has 1 spiro atoms. The Morgan fingerprint density at radius 3 is 1.35 bits per heavy atom. The topological polar surface area (TPSA) is 38.7 Å². The Bertz CT molecular complexity index is 2230. The zero-order valence-electron chi connectivity index (χ0n) is 26.8. The van der Waals surface area contributed by atoms with Crippen LogP contribution < -0.4 is 0 Å². The number of aromatic nitrogens is 3. The highest BCUT2D eigenvalue weighted by Crippen LogP contribution is 2.56. The van der Waals surface area contributed by atoms with E-state index in [2.05, 4.69) is 115 Å². The second kappa shape index (κ2) is 11.8. The number of nitrogens with zero attached hydrogens (tertiary/aromatic N) is 3. The van der Waals surface area contributed by atoms with E-state index in [1.807, 2.05) is 36.4 Å². The molecule has 0 aliphatic heterocycles. The smallest absolute Gasteiger partial charge is 0.164 e. The summed E-state index contributed by atoms with van der Waals surface area (Å²) in [4.78, 5) is 14.9. The van der Waals surface area contributed by atoms with Gasteiger partial charge in [0.25, 0.3) is 0 Å². The number of hydrogen-bond acceptors (Lipinski definition) is 3. The number of hydrogen-bond donors (Lipinski definition) is 0. The van der Waals surface area contributed by atoms with Crippen molar-refractivity contribution in [2.75, 3.05) is 0 Å². The van der Waals surface area contributed by atoms with Crippen molar-refractivity contribution in [2.45, 2.75) is 37.5 Å². The molecule has 1 heterocycles. The minimum Gasteiger partial charge on any atom is -0.208 e. The van der Waals surface area contributed by atoms with Crippen LogP contribution >= 0.6 is 0 Å². The van der Waals surface area contributed by atoms with Crippen molar-refractivity contribution in [1.82, 2.24) is 15.0 Å². The fraction of sp³-hybridized carbons (Fsp3) is 0.133. The summed E-state index contributed by atoms with van der Waals surface area (Å²) >= 11 is 0. The van der Waals surface area contributed by atoms with E-state index in [0.29, 0.717) is 17.5 Å². The van der Waals surface area contributed by atoms with Gasteiger partial charge < -0.3 is 0 Å². The average Bonchev–Trinajstić information content (AvgIpc) is 3.43. The van der Waals surface area contributed by atoms with E-state index in [9.17, 15) is 0 Å². The minimum atomic E-state index is 0.182. The monoisotopic (exact) mass is 617 g/mol. The van der Waals surface area contributed by atoms with Crippen LogP contribution in [0.3, 0.4) is 0 Å². The van der Waals surface area contributed by atoms with E-state index < -0.39 is 0 Å². The highest BCUT2D eigenvalue weighted by Gasteiger charge is 2.43. The molecule has 3 nitrogen and oxygen atoms in total. The molecule has 0 radical (unpaired) electrons. The van der Waals surface area contributed by atoms with Crippen LogP contribution in [0.15, 0.2) is 152 Å². The molecule has 2 aliphatic carbocycles. The maximum atomic E-state index is 5.00. The molecule has 230 valence electrons. The molecule has 1 saturated carbocycles. The van der Waals surface area contributed by atoms with E-state index in [-0.39, 0.29) is 5.41 Å². The van der Waals surface area contributed by atoms with Gasteiger partial charge in [-0.25, -0.2) is 15.0 Å². The van der Waals surface area contributed by atoms with Gasteiger partial charge in [0, 0.05) is 22.1 Å². The first-order valence-corrected chi connectivity index (χ1v) is 17.1. The molecule has 48 heavy (non-hydrogen) atoms. The zero-order valence-corrected chi connectivity index (χ0v) is 26.8. The van der Waals surface area contributed by atoms with Gasteiger partial charge in [0.2, 0.25) is 0 Å². The SMILES string of the molecule is c1ccc(-c2ccc(-c3nc(-c4ccccc4)nc(-c4ccc(-c5ccc6c(c5)-c5ccccc5C65CCCCC5)cc4)n3)cc2)cc1. The number of rotatable bonds is 5. The Balaban J connectivity index is 1.08. The number of benzene rings is 6. The van der Waals surface area contributed by atoms with Crippen molar-refractivity contribution in [3.63, 3.8) is 0 Å². The first kappa shape index (κ1) is 28.5. The largest absolute Gasteiger partial charge is 0.208 e. The lowest BCUT2D eigenvalue weighted by Crippen LogP contribution is -2.27. The summed E-state index contributed by atoms with van der Waals surface area (Å²) in [6.45, 7) is 0. The lowest BCUT2D eigenvalue weighted by Gasteiger charge is -2.36. The third kappa shape index (κ3) is 4.94. The van der Waals surface area contributed by atoms with Crippen LogP contribution in [0, 0.1) is 0 Å². The Kier molecular flexibility index (Phi) is 7.04. The van der Waals surface area contributed by atoms with Gasteiger partial charge in [-0.05, 0) is 63.4 Å². The summed E-state index contributed by atoms with van der Waals surface area (Å²) in [5.41, 5.74) is 13.7. The van der Waals surface area contributed by atoms with Crippen LogP contribution in [0.1, 0.15) is 43.2 Å². The lowest BCUT2D eigenvalue weighted by atomic mass is 9.68. The Morgan fingerprint density at radius 1 is 0.333 bits per heavy atom. The molecular formula is C45H35N3. The van der Waals surface area contributed by atoms with Crippen molar-refractivity contribution in [2.24, 2.45) is 0 Å². The molecule has 3 heteroatoms. The minimum absolute atomic E-state index is 0.182. The standard InChI is InChI=1S/C45H35N3/c1-4-12-31(13-5-1)32-18-22-35(23-19-32)43-46-42(34-14-6-2-7-15-34)47-44(48-43)36-24-20-33(21-25-36)37-26-27-41-39(30-37)38-16-8-9-17-40(38)45(41)28-10-3-11-29-45/h1-2,4-9,12-27,30H,3,10-11,28-29H2. The zero-order chi connectivity index (χ0) is 31.9. The lowest BCUT2D eigenvalue weighted by molar-refractivity contribution is 0.353. The quantitative estimate of drug-likeness (QED) is 0.193. The van der Waals surface area contributed by atoms with Crippen LogP contribution in [-0.2, 0) is 5.41 Å². The fourth-order valence-electron chi connectivity index (χ4n) is 7.94. The summed E-state index contributed by atoms with van der Waals surface area (Å²) in [5.74, 6) is 2.00. The van der Waals surface area contributed by atoms with E-state index in [1.165, 1.54) is 71.0 Å². The molecule has 0 unspecified atom stereocenters. The summed E-state index contributed by atoms with van der Waals surface area (Å²) in [6, 6.07) is 54.0. The van der Waals surface area contributed by atoms with Crippen molar-refractivity contribution in [3.05, 3.63) is 163 Å². The van der Waals surface area contributed by atoms with Gasteiger partial charge in [0.1, 0.15) is 0 Å². The van der Waals surface area contributed by atoms with Gasteiger partial charge in [0.15, 0.2) is 17.5 Å². The predicted octanol–water partition coefficient (Wildman–Crippen LogP) is 11.4. The Hall–Kier alpha value is -5.67. The van der Waals surface area contributed by atoms with E-state index in [0.717, 1.165) is 22.3 Å². The number of fused-ring (bicyclic) bond motifs is 5. The third-order valence-electron chi connectivity index (χ3n) is 10.4. The van der Waals surface area contributed by atoms with Gasteiger partial charge in [-0.2, -0.15) is 0 Å². The van der Waals surface area contributed by atoms with Gasteiger partial charge >= 0.3 is 0 Å². The van der Waals surface area contributed by atoms with Gasteiger partial charge in [-0.1, -0.05) is 165 Å². The normalized spacial score (nSPS) is 14.4. The van der Waals surface area contributed by atoms with Crippen LogP contribution in [-0.4, -0.2) is 15.0 Å². The van der Waals surface area contributed by atoms with Crippen molar-refractivity contribution in [1.29, 1.82) is 0 Å². The van der Waals surface area contributed by atoms with Crippen LogP contribution in [0.25, 0.3) is 67.5 Å². The highest BCUT2D eigenvalue weighted by molar-refractivity contribution is 5.85. The molecule has 0 amide bonds. The summed E-state index contributed by atoms with van der Waals surface area (Å²) in [7, 11) is 0. The second-order valence-electron chi connectivity index (χ2n) is 13.1. The highest BCUT2D eigenvalue weighted by atomic mass is 15.0. The Morgan fingerprint density at radius 2 is 0.750 bits per heavy atom. The van der Waals surface area contributed by atoms with Gasteiger partial charge in [-0.15, -0.1) is 0 Å². The van der Waals surface area contributed by atoms with E-state index in [4.69, 9.17) is 15.0 Å².